The first kappa shape index (κ1) is 12.4. The SMILES string of the molecule is CCC(=O)Nc1ccc(OCC(N)=S)cc1. The molecule has 16 heavy (non-hydrogen) atoms. The monoisotopic (exact) mass is 238 g/mol. The summed E-state index contributed by atoms with van der Waals surface area (Å²) in [6, 6.07) is 7.04. The number of thiocarbonyl (C=S) groups is 1. The van der Waals surface area contributed by atoms with E-state index in [1.165, 1.54) is 0 Å². The molecule has 0 atom stereocenters. The number of rotatable bonds is 5. The maximum Gasteiger partial charge on any atom is 0.224 e. The van der Waals surface area contributed by atoms with Crippen molar-refractivity contribution in [3.05, 3.63) is 24.3 Å². The van der Waals surface area contributed by atoms with E-state index in [1.54, 1.807) is 31.2 Å². The van der Waals surface area contributed by atoms with Gasteiger partial charge >= 0.3 is 0 Å². The third kappa shape index (κ3) is 4.27. The molecule has 1 aromatic carbocycles. The molecule has 1 amide bonds. The Hall–Kier alpha value is -1.62. The van der Waals surface area contributed by atoms with Crippen molar-refractivity contribution in [3.63, 3.8) is 0 Å². The molecular formula is C11H14N2O2S. The number of hydrogen-bond donors (Lipinski definition) is 2. The van der Waals surface area contributed by atoms with Crippen LogP contribution in [-0.2, 0) is 4.79 Å². The largest absolute Gasteiger partial charge is 0.487 e. The number of nitrogens with two attached hydrogens (primary N) is 1. The van der Waals surface area contributed by atoms with E-state index in [0.29, 0.717) is 17.2 Å². The molecule has 0 aliphatic rings. The molecule has 1 aromatic rings. The van der Waals surface area contributed by atoms with Crippen LogP contribution in [0.15, 0.2) is 24.3 Å². The lowest BCUT2D eigenvalue weighted by Crippen LogP contribution is -2.17. The molecule has 3 N–H and O–H groups in total. The van der Waals surface area contributed by atoms with Crippen molar-refractivity contribution in [2.24, 2.45) is 5.73 Å². The third-order valence-corrected chi connectivity index (χ3v) is 1.96. The maximum absolute atomic E-state index is 11.1. The van der Waals surface area contributed by atoms with Crippen LogP contribution in [0.5, 0.6) is 5.75 Å². The number of benzene rings is 1. The fourth-order valence-corrected chi connectivity index (χ4v) is 1.10. The third-order valence-electron chi connectivity index (χ3n) is 1.84. The van der Waals surface area contributed by atoms with Gasteiger partial charge in [-0.1, -0.05) is 19.1 Å². The Labute approximate surface area is 99.8 Å². The Morgan fingerprint density at radius 1 is 1.44 bits per heavy atom. The van der Waals surface area contributed by atoms with Gasteiger partial charge in [0.15, 0.2) is 0 Å². The van der Waals surface area contributed by atoms with Crippen LogP contribution in [0.25, 0.3) is 0 Å². The summed E-state index contributed by atoms with van der Waals surface area (Å²) in [4.78, 5) is 11.4. The second kappa shape index (κ2) is 6.07. The molecule has 0 fully saturated rings. The van der Waals surface area contributed by atoms with Gasteiger partial charge in [0.25, 0.3) is 0 Å². The Morgan fingerprint density at radius 3 is 2.56 bits per heavy atom. The van der Waals surface area contributed by atoms with Crippen LogP contribution in [-0.4, -0.2) is 17.5 Å². The average Bonchev–Trinajstić information content (AvgIpc) is 2.28. The summed E-state index contributed by atoms with van der Waals surface area (Å²) in [5.41, 5.74) is 6.05. The first-order chi connectivity index (χ1) is 7.61. The standard InChI is InChI=1S/C11H14N2O2S/c1-2-11(14)13-8-3-5-9(6-4-8)15-7-10(12)16/h3-6H,2,7H2,1H3,(H2,12,16)(H,13,14). The van der Waals surface area contributed by atoms with Gasteiger partial charge in [-0.05, 0) is 24.3 Å². The molecule has 0 unspecified atom stereocenters. The molecule has 0 aromatic heterocycles. The number of anilines is 1. The lowest BCUT2D eigenvalue weighted by atomic mass is 10.3. The molecule has 0 aliphatic carbocycles. The van der Waals surface area contributed by atoms with E-state index in [1.807, 2.05) is 0 Å². The Morgan fingerprint density at radius 2 is 2.06 bits per heavy atom. The van der Waals surface area contributed by atoms with Crippen LogP contribution in [0.3, 0.4) is 0 Å². The van der Waals surface area contributed by atoms with Crippen molar-refractivity contribution in [1.82, 2.24) is 0 Å². The topological polar surface area (TPSA) is 64.3 Å². The average molecular weight is 238 g/mol. The second-order valence-corrected chi connectivity index (χ2v) is 3.71. The van der Waals surface area contributed by atoms with Crippen LogP contribution in [0.2, 0.25) is 0 Å². The van der Waals surface area contributed by atoms with E-state index in [2.05, 4.69) is 17.5 Å². The number of hydrogen-bond acceptors (Lipinski definition) is 3. The van der Waals surface area contributed by atoms with Crippen LogP contribution in [0.1, 0.15) is 13.3 Å². The molecule has 0 bridgehead atoms. The molecule has 0 spiro atoms. The zero-order valence-electron chi connectivity index (χ0n) is 9.03. The predicted octanol–water partition coefficient (Wildman–Crippen LogP) is 1.70. The van der Waals surface area contributed by atoms with Crippen molar-refractivity contribution < 1.29 is 9.53 Å². The van der Waals surface area contributed by atoms with Gasteiger partial charge in [-0.2, -0.15) is 0 Å². The van der Waals surface area contributed by atoms with E-state index < -0.39 is 0 Å². The van der Waals surface area contributed by atoms with Crippen molar-refractivity contribution in [2.75, 3.05) is 11.9 Å². The molecule has 0 saturated heterocycles. The molecule has 0 radical (unpaired) electrons. The van der Waals surface area contributed by atoms with Gasteiger partial charge in [-0.25, -0.2) is 0 Å². The number of carbonyl (C=O) groups excluding carboxylic acids is 1. The smallest absolute Gasteiger partial charge is 0.224 e. The molecule has 4 nitrogen and oxygen atoms in total. The fourth-order valence-electron chi connectivity index (χ4n) is 1.04. The molecule has 86 valence electrons. The highest BCUT2D eigenvalue weighted by molar-refractivity contribution is 7.80. The summed E-state index contributed by atoms with van der Waals surface area (Å²) >= 11 is 4.69. The highest BCUT2D eigenvalue weighted by Crippen LogP contribution is 2.15. The zero-order valence-corrected chi connectivity index (χ0v) is 9.84. The highest BCUT2D eigenvalue weighted by atomic mass is 32.1. The van der Waals surface area contributed by atoms with E-state index in [9.17, 15) is 4.79 Å². The van der Waals surface area contributed by atoms with Crippen molar-refractivity contribution in [1.29, 1.82) is 0 Å². The first-order valence-corrected chi connectivity index (χ1v) is 5.33. The van der Waals surface area contributed by atoms with Crippen molar-refractivity contribution >= 4 is 28.8 Å². The molecule has 1 rings (SSSR count). The zero-order chi connectivity index (χ0) is 12.0. The quantitative estimate of drug-likeness (QED) is 0.766. The number of ether oxygens (including phenoxy) is 1. The molecule has 0 saturated carbocycles. The normalized spacial score (nSPS) is 9.56. The van der Waals surface area contributed by atoms with Gasteiger partial charge in [0.1, 0.15) is 17.3 Å². The van der Waals surface area contributed by atoms with Gasteiger partial charge in [0, 0.05) is 12.1 Å². The van der Waals surface area contributed by atoms with E-state index in [0.717, 1.165) is 5.69 Å². The van der Waals surface area contributed by atoms with Crippen LogP contribution >= 0.6 is 12.2 Å². The van der Waals surface area contributed by atoms with Gasteiger partial charge in [-0.3, -0.25) is 4.79 Å². The van der Waals surface area contributed by atoms with Crippen molar-refractivity contribution in [3.8, 4) is 5.75 Å². The summed E-state index contributed by atoms with van der Waals surface area (Å²) in [5, 5.41) is 2.74. The molecule has 5 heteroatoms. The second-order valence-electron chi connectivity index (χ2n) is 3.18. The first-order valence-electron chi connectivity index (χ1n) is 4.93. The summed E-state index contributed by atoms with van der Waals surface area (Å²) in [7, 11) is 0. The summed E-state index contributed by atoms with van der Waals surface area (Å²) in [6.45, 7) is 2.02. The van der Waals surface area contributed by atoms with Gasteiger partial charge in [-0.15, -0.1) is 0 Å². The Bertz CT molecular complexity index is 376. The van der Waals surface area contributed by atoms with Gasteiger partial charge in [0.05, 0.1) is 0 Å². The number of amides is 1. The van der Waals surface area contributed by atoms with Gasteiger partial charge < -0.3 is 15.8 Å². The fraction of sp³-hybridized carbons (Fsp3) is 0.273. The minimum absolute atomic E-state index is 0.0168. The Balaban J connectivity index is 2.54. The minimum Gasteiger partial charge on any atom is -0.487 e. The van der Waals surface area contributed by atoms with Crippen molar-refractivity contribution in [2.45, 2.75) is 13.3 Å². The van der Waals surface area contributed by atoms with E-state index >= 15 is 0 Å². The Kier molecular flexibility index (Phi) is 4.72. The summed E-state index contributed by atoms with van der Waals surface area (Å²) < 4.78 is 5.27. The highest BCUT2D eigenvalue weighted by Gasteiger charge is 1.99. The summed E-state index contributed by atoms with van der Waals surface area (Å²) in [5.74, 6) is 0.652. The maximum atomic E-state index is 11.1. The van der Waals surface area contributed by atoms with Crippen LogP contribution < -0.4 is 15.8 Å². The molecule has 0 heterocycles. The molecule has 0 aliphatic heterocycles. The lowest BCUT2D eigenvalue weighted by Gasteiger charge is -2.06. The van der Waals surface area contributed by atoms with Crippen LogP contribution in [0.4, 0.5) is 5.69 Å². The predicted molar refractivity (Wildman–Crippen MR) is 67.6 cm³/mol. The number of carbonyl (C=O) groups is 1. The van der Waals surface area contributed by atoms with E-state index in [-0.39, 0.29) is 12.5 Å². The molecular weight excluding hydrogens is 224 g/mol. The lowest BCUT2D eigenvalue weighted by molar-refractivity contribution is -0.115. The van der Waals surface area contributed by atoms with E-state index in [4.69, 9.17) is 10.5 Å². The van der Waals surface area contributed by atoms with Gasteiger partial charge in [0.2, 0.25) is 5.91 Å². The van der Waals surface area contributed by atoms with Crippen LogP contribution in [0, 0.1) is 0 Å². The summed E-state index contributed by atoms with van der Waals surface area (Å²) in [6.07, 6.45) is 0.458. The minimum atomic E-state index is -0.0168. The number of nitrogens with one attached hydrogen (secondary N) is 1.